The van der Waals surface area contributed by atoms with E-state index >= 15 is 0 Å². The van der Waals surface area contributed by atoms with Crippen molar-refractivity contribution < 1.29 is 23.8 Å². The standard InChI is InChI=1S/C19H16BrNO5/c1-24-19(23)18(13-4-6-14(20)7-5-13)21-17(22)9-3-12-2-8-15-16(10-12)26-11-25-15/h2-10,18H,11H2,1H3,(H,21,22)/b9-3+. The predicted molar refractivity (Wildman–Crippen MR) is 98.6 cm³/mol. The summed E-state index contributed by atoms with van der Waals surface area (Å²) in [4.78, 5) is 24.3. The molecule has 7 heteroatoms. The van der Waals surface area contributed by atoms with Gasteiger partial charge in [-0.25, -0.2) is 4.79 Å². The van der Waals surface area contributed by atoms with Crippen LogP contribution >= 0.6 is 15.9 Å². The number of ether oxygens (including phenoxy) is 3. The van der Waals surface area contributed by atoms with Crippen molar-refractivity contribution in [1.29, 1.82) is 0 Å². The number of methoxy groups -OCH3 is 1. The molecular weight excluding hydrogens is 402 g/mol. The largest absolute Gasteiger partial charge is 0.467 e. The molecule has 0 aliphatic carbocycles. The zero-order valence-corrected chi connectivity index (χ0v) is 15.5. The van der Waals surface area contributed by atoms with Crippen molar-refractivity contribution >= 4 is 33.9 Å². The van der Waals surface area contributed by atoms with Gasteiger partial charge in [0, 0.05) is 10.5 Å². The number of nitrogens with one attached hydrogen (secondary N) is 1. The first-order valence-corrected chi connectivity index (χ1v) is 8.57. The van der Waals surface area contributed by atoms with E-state index in [1.54, 1.807) is 42.5 Å². The Kier molecular flexibility index (Phi) is 5.58. The predicted octanol–water partition coefficient (Wildman–Crippen LogP) is 3.22. The third-order valence-electron chi connectivity index (χ3n) is 3.75. The maximum atomic E-state index is 12.3. The van der Waals surface area contributed by atoms with Crippen LogP contribution in [-0.4, -0.2) is 25.8 Å². The molecule has 2 aromatic rings. The van der Waals surface area contributed by atoms with Crippen LogP contribution in [-0.2, 0) is 14.3 Å². The van der Waals surface area contributed by atoms with Gasteiger partial charge in [-0.05, 0) is 41.5 Å². The number of halogens is 1. The summed E-state index contributed by atoms with van der Waals surface area (Å²) in [5.41, 5.74) is 1.41. The van der Waals surface area contributed by atoms with E-state index in [4.69, 9.17) is 14.2 Å². The molecule has 1 heterocycles. The lowest BCUT2D eigenvalue weighted by molar-refractivity contribution is -0.144. The molecule has 0 bridgehead atoms. The summed E-state index contributed by atoms with van der Waals surface area (Å²) >= 11 is 3.34. The van der Waals surface area contributed by atoms with Crippen molar-refractivity contribution in [2.75, 3.05) is 13.9 Å². The molecule has 0 saturated carbocycles. The summed E-state index contributed by atoms with van der Waals surface area (Å²) in [7, 11) is 1.28. The Morgan fingerprint density at radius 3 is 2.62 bits per heavy atom. The summed E-state index contributed by atoms with van der Waals surface area (Å²) in [5.74, 6) is 0.348. The van der Waals surface area contributed by atoms with E-state index in [9.17, 15) is 9.59 Å². The van der Waals surface area contributed by atoms with Gasteiger partial charge in [-0.2, -0.15) is 0 Å². The van der Waals surface area contributed by atoms with Crippen LogP contribution in [0.3, 0.4) is 0 Å². The smallest absolute Gasteiger partial charge is 0.333 e. The number of hydrogen-bond donors (Lipinski definition) is 1. The summed E-state index contributed by atoms with van der Waals surface area (Å²) in [6.45, 7) is 0.191. The van der Waals surface area contributed by atoms with Crippen LogP contribution in [0.4, 0.5) is 0 Å². The van der Waals surface area contributed by atoms with Gasteiger partial charge in [-0.3, -0.25) is 4.79 Å². The van der Waals surface area contributed by atoms with Gasteiger partial charge in [0.05, 0.1) is 7.11 Å². The van der Waals surface area contributed by atoms with Gasteiger partial charge in [0.15, 0.2) is 17.5 Å². The lowest BCUT2D eigenvalue weighted by Crippen LogP contribution is -2.33. The monoisotopic (exact) mass is 417 g/mol. The molecule has 1 unspecified atom stereocenters. The van der Waals surface area contributed by atoms with Gasteiger partial charge in [0.2, 0.25) is 12.7 Å². The second kappa shape index (κ2) is 8.05. The molecule has 0 fully saturated rings. The SMILES string of the molecule is COC(=O)C(NC(=O)/C=C/c1ccc2c(c1)OCO2)c1ccc(Br)cc1. The number of carbonyl (C=O) groups excluding carboxylic acids is 2. The van der Waals surface area contributed by atoms with E-state index in [-0.39, 0.29) is 6.79 Å². The van der Waals surface area contributed by atoms with Crippen LogP contribution in [0.1, 0.15) is 17.2 Å². The minimum absolute atomic E-state index is 0.191. The topological polar surface area (TPSA) is 73.9 Å². The fourth-order valence-corrected chi connectivity index (χ4v) is 2.69. The van der Waals surface area contributed by atoms with Crippen LogP contribution < -0.4 is 14.8 Å². The highest BCUT2D eigenvalue weighted by Gasteiger charge is 2.22. The molecule has 0 aromatic heterocycles. The van der Waals surface area contributed by atoms with Crippen LogP contribution in [0.5, 0.6) is 11.5 Å². The van der Waals surface area contributed by atoms with Gasteiger partial charge < -0.3 is 19.5 Å². The summed E-state index contributed by atoms with van der Waals surface area (Å²) < 4.78 is 16.2. The third-order valence-corrected chi connectivity index (χ3v) is 4.28. The highest BCUT2D eigenvalue weighted by Crippen LogP contribution is 2.32. The number of amides is 1. The van der Waals surface area contributed by atoms with E-state index in [0.717, 1.165) is 10.0 Å². The molecule has 0 radical (unpaired) electrons. The average Bonchev–Trinajstić information content (AvgIpc) is 3.12. The summed E-state index contributed by atoms with van der Waals surface area (Å²) in [6, 6.07) is 11.5. The maximum Gasteiger partial charge on any atom is 0.333 e. The van der Waals surface area contributed by atoms with Crippen molar-refractivity contribution in [2.24, 2.45) is 0 Å². The molecule has 1 amide bonds. The average molecular weight is 418 g/mol. The van der Waals surface area contributed by atoms with E-state index < -0.39 is 17.9 Å². The van der Waals surface area contributed by atoms with Gasteiger partial charge in [-0.15, -0.1) is 0 Å². The van der Waals surface area contributed by atoms with E-state index in [2.05, 4.69) is 21.2 Å². The first-order chi connectivity index (χ1) is 12.6. The first kappa shape index (κ1) is 18.0. The maximum absolute atomic E-state index is 12.3. The van der Waals surface area contributed by atoms with Crippen LogP contribution in [0.2, 0.25) is 0 Å². The molecule has 0 spiro atoms. The number of esters is 1. The van der Waals surface area contributed by atoms with Crippen molar-refractivity contribution in [3.63, 3.8) is 0 Å². The van der Waals surface area contributed by atoms with Crippen molar-refractivity contribution in [2.45, 2.75) is 6.04 Å². The highest BCUT2D eigenvalue weighted by atomic mass is 79.9. The molecule has 1 aliphatic rings. The summed E-state index contributed by atoms with van der Waals surface area (Å²) in [6.07, 6.45) is 2.99. The Morgan fingerprint density at radius 2 is 1.88 bits per heavy atom. The first-order valence-electron chi connectivity index (χ1n) is 7.78. The fraction of sp³-hybridized carbons (Fsp3) is 0.158. The fourth-order valence-electron chi connectivity index (χ4n) is 2.43. The quantitative estimate of drug-likeness (QED) is 0.597. The van der Waals surface area contributed by atoms with Crippen LogP contribution in [0, 0.1) is 0 Å². The molecule has 2 aromatic carbocycles. The van der Waals surface area contributed by atoms with E-state index in [1.165, 1.54) is 13.2 Å². The molecule has 0 saturated heterocycles. The molecule has 1 N–H and O–H groups in total. The Hall–Kier alpha value is -2.80. The number of fused-ring (bicyclic) bond motifs is 1. The zero-order chi connectivity index (χ0) is 18.5. The number of carbonyl (C=O) groups is 2. The molecule has 1 aliphatic heterocycles. The second-order valence-electron chi connectivity index (χ2n) is 5.46. The third kappa shape index (κ3) is 4.23. The summed E-state index contributed by atoms with van der Waals surface area (Å²) in [5, 5.41) is 2.65. The number of hydrogen-bond acceptors (Lipinski definition) is 5. The molecule has 134 valence electrons. The van der Waals surface area contributed by atoms with Gasteiger partial charge in [0.25, 0.3) is 0 Å². The molecule has 3 rings (SSSR count). The molecule has 6 nitrogen and oxygen atoms in total. The Labute approximate surface area is 158 Å². The van der Waals surface area contributed by atoms with Crippen molar-refractivity contribution in [1.82, 2.24) is 5.32 Å². The normalized spacial score (nSPS) is 13.5. The lowest BCUT2D eigenvalue weighted by Gasteiger charge is -2.16. The number of rotatable bonds is 5. The van der Waals surface area contributed by atoms with Gasteiger partial charge in [-0.1, -0.05) is 34.1 Å². The Morgan fingerprint density at radius 1 is 1.15 bits per heavy atom. The molecule has 26 heavy (non-hydrogen) atoms. The highest BCUT2D eigenvalue weighted by molar-refractivity contribution is 9.10. The molecular formula is C19H16BrNO5. The van der Waals surface area contributed by atoms with E-state index in [1.807, 2.05) is 6.07 Å². The Balaban J connectivity index is 1.71. The van der Waals surface area contributed by atoms with Crippen molar-refractivity contribution in [3.8, 4) is 11.5 Å². The minimum atomic E-state index is -0.887. The Bertz CT molecular complexity index is 848. The lowest BCUT2D eigenvalue weighted by atomic mass is 10.1. The minimum Gasteiger partial charge on any atom is -0.467 e. The number of benzene rings is 2. The van der Waals surface area contributed by atoms with Crippen LogP contribution in [0.25, 0.3) is 6.08 Å². The zero-order valence-electron chi connectivity index (χ0n) is 13.9. The van der Waals surface area contributed by atoms with Gasteiger partial charge >= 0.3 is 5.97 Å². The van der Waals surface area contributed by atoms with E-state index in [0.29, 0.717) is 17.1 Å². The van der Waals surface area contributed by atoms with Gasteiger partial charge in [0.1, 0.15) is 0 Å². The van der Waals surface area contributed by atoms with Crippen molar-refractivity contribution in [3.05, 3.63) is 64.1 Å². The second-order valence-corrected chi connectivity index (χ2v) is 6.38. The molecule has 1 atom stereocenters. The van der Waals surface area contributed by atoms with Crippen LogP contribution in [0.15, 0.2) is 53.0 Å².